The molecule has 44 heavy (non-hydrogen) atoms. The normalized spacial score (nSPS) is 26.7. The van der Waals surface area contributed by atoms with Crippen molar-refractivity contribution in [2.24, 2.45) is 23.2 Å². The number of hydrogen-bond acceptors (Lipinski definition) is 7. The standard InChI is InChI=1S/C32H45F4N7O/c1-7-42(8-2)21-11-13-43(14-12-21)25-10-9-20(17-24(25)33)39-29-38-18-23(32(34,35)36)27(40-29)41-31(5)22(28(44)37-6)15-19-16-26(31)30(19,3)4/h9-10,17-19,21-22,26H,7-8,11-16H2,1-6H3,(H,37,44)(H2,38,39,40,41)/t19-,22+,26+,31-/m0/s1. The van der Waals surface area contributed by atoms with Crippen molar-refractivity contribution in [3.05, 3.63) is 35.8 Å². The van der Waals surface area contributed by atoms with Crippen molar-refractivity contribution >= 4 is 29.0 Å². The number of nitrogens with zero attached hydrogens (tertiary/aromatic N) is 4. The molecule has 1 aromatic carbocycles. The quantitative estimate of drug-likeness (QED) is 0.285. The first-order valence-corrected chi connectivity index (χ1v) is 15.7. The molecule has 2 heterocycles. The van der Waals surface area contributed by atoms with E-state index in [1.807, 2.05) is 11.8 Å². The molecule has 1 amide bonds. The fourth-order valence-corrected chi connectivity index (χ4v) is 8.12. The van der Waals surface area contributed by atoms with Gasteiger partial charge in [-0.1, -0.05) is 27.7 Å². The second kappa shape index (κ2) is 12.0. The summed E-state index contributed by atoms with van der Waals surface area (Å²) in [6, 6.07) is 5.18. The van der Waals surface area contributed by atoms with Crippen molar-refractivity contribution in [1.29, 1.82) is 0 Å². The number of hydrogen-bond donors (Lipinski definition) is 3. The van der Waals surface area contributed by atoms with E-state index >= 15 is 4.39 Å². The van der Waals surface area contributed by atoms with Crippen LogP contribution in [0.25, 0.3) is 0 Å². The smallest absolute Gasteiger partial charge is 0.369 e. The average molecular weight is 620 g/mol. The van der Waals surface area contributed by atoms with E-state index in [9.17, 15) is 18.0 Å². The highest BCUT2D eigenvalue weighted by molar-refractivity contribution is 5.81. The molecule has 0 radical (unpaired) electrons. The first kappa shape index (κ1) is 32.2. The zero-order chi connectivity index (χ0) is 32.0. The maximum Gasteiger partial charge on any atom is 0.421 e. The van der Waals surface area contributed by atoms with Gasteiger partial charge in [-0.05, 0) is 81.1 Å². The van der Waals surface area contributed by atoms with Crippen LogP contribution in [0.3, 0.4) is 0 Å². The van der Waals surface area contributed by atoms with Gasteiger partial charge in [-0.25, -0.2) is 9.37 Å². The molecule has 1 aromatic heterocycles. The van der Waals surface area contributed by atoms with E-state index in [0.29, 0.717) is 29.8 Å². The van der Waals surface area contributed by atoms with Crippen molar-refractivity contribution < 1.29 is 22.4 Å². The molecule has 4 fully saturated rings. The minimum absolute atomic E-state index is 0.0396. The SMILES string of the molecule is CCN(CC)C1CCN(c2ccc(Nc3ncc(C(F)(F)F)c(N[C@@]4(C)[C@@H](C(=O)NC)C[C@H]5C[C@@H]4C5(C)C)n3)cc2F)CC1. The lowest BCUT2D eigenvalue weighted by Crippen LogP contribution is -2.69. The summed E-state index contributed by atoms with van der Waals surface area (Å²) >= 11 is 0. The molecule has 4 atom stereocenters. The molecular weight excluding hydrogens is 574 g/mol. The summed E-state index contributed by atoms with van der Waals surface area (Å²) in [5, 5.41) is 8.68. The summed E-state index contributed by atoms with van der Waals surface area (Å²) < 4.78 is 57.8. The number of rotatable bonds is 9. The first-order chi connectivity index (χ1) is 20.7. The van der Waals surface area contributed by atoms with Gasteiger partial charge < -0.3 is 25.8 Å². The van der Waals surface area contributed by atoms with Crippen molar-refractivity contribution in [2.45, 2.75) is 78.1 Å². The third kappa shape index (κ3) is 5.81. The zero-order valence-corrected chi connectivity index (χ0v) is 26.5. The van der Waals surface area contributed by atoms with Gasteiger partial charge in [-0.15, -0.1) is 0 Å². The Labute approximate surface area is 257 Å². The summed E-state index contributed by atoms with van der Waals surface area (Å²) in [6.07, 6.45) is -0.691. The number of piperidine rings is 1. The van der Waals surface area contributed by atoms with E-state index in [-0.39, 0.29) is 23.2 Å². The first-order valence-electron chi connectivity index (χ1n) is 15.7. The van der Waals surface area contributed by atoms with Crippen LogP contribution in [-0.2, 0) is 11.0 Å². The van der Waals surface area contributed by atoms with Gasteiger partial charge in [0.2, 0.25) is 11.9 Å². The highest BCUT2D eigenvalue weighted by Gasteiger charge is 2.65. The number of carbonyl (C=O) groups excluding carboxylic acids is 1. The number of anilines is 4. The third-order valence-corrected chi connectivity index (χ3v) is 10.8. The van der Waals surface area contributed by atoms with Crippen molar-refractivity contribution in [1.82, 2.24) is 20.2 Å². The Morgan fingerprint density at radius 1 is 1.11 bits per heavy atom. The van der Waals surface area contributed by atoms with Crippen LogP contribution in [0.5, 0.6) is 0 Å². The molecule has 0 unspecified atom stereocenters. The third-order valence-electron chi connectivity index (χ3n) is 10.8. The number of carbonyl (C=O) groups is 1. The molecule has 4 aliphatic rings. The highest BCUT2D eigenvalue weighted by atomic mass is 19.4. The molecule has 242 valence electrons. The minimum atomic E-state index is -4.72. The van der Waals surface area contributed by atoms with Crippen molar-refractivity contribution in [3.8, 4) is 0 Å². The topological polar surface area (TPSA) is 85.4 Å². The summed E-state index contributed by atoms with van der Waals surface area (Å²) in [4.78, 5) is 25.6. The minimum Gasteiger partial charge on any atom is -0.369 e. The van der Waals surface area contributed by atoms with Crippen LogP contribution in [0.15, 0.2) is 24.4 Å². The Morgan fingerprint density at radius 2 is 1.80 bits per heavy atom. The molecule has 12 heteroatoms. The summed E-state index contributed by atoms with van der Waals surface area (Å²) in [5.74, 6) is -1.39. The van der Waals surface area contributed by atoms with Crippen LogP contribution in [0.2, 0.25) is 0 Å². The number of amides is 1. The maximum atomic E-state index is 15.3. The lowest BCUT2D eigenvalue weighted by atomic mass is 9.40. The molecule has 2 aromatic rings. The van der Waals surface area contributed by atoms with Crippen molar-refractivity contribution in [3.63, 3.8) is 0 Å². The highest BCUT2D eigenvalue weighted by Crippen LogP contribution is 2.65. The molecule has 1 saturated heterocycles. The Bertz CT molecular complexity index is 1360. The summed E-state index contributed by atoms with van der Waals surface area (Å²) in [5.41, 5.74) is -1.31. The number of aromatic nitrogens is 2. The molecule has 3 N–H and O–H groups in total. The Balaban J connectivity index is 1.38. The molecular formula is C32H45F4N7O. The predicted octanol–water partition coefficient (Wildman–Crippen LogP) is 6.29. The number of alkyl halides is 3. The number of nitrogens with one attached hydrogen (secondary N) is 3. The van der Waals surface area contributed by atoms with E-state index in [1.165, 1.54) is 6.07 Å². The summed E-state index contributed by atoms with van der Waals surface area (Å²) in [7, 11) is 1.54. The van der Waals surface area contributed by atoms with Gasteiger partial charge in [0.05, 0.1) is 17.1 Å². The average Bonchev–Trinajstić information content (AvgIpc) is 2.97. The van der Waals surface area contributed by atoms with Gasteiger partial charge in [0.1, 0.15) is 17.2 Å². The van der Waals surface area contributed by atoms with E-state index < -0.39 is 34.8 Å². The van der Waals surface area contributed by atoms with Crippen LogP contribution < -0.4 is 20.9 Å². The fourth-order valence-electron chi connectivity index (χ4n) is 8.12. The number of fused-ring (bicyclic) bond motifs is 2. The van der Waals surface area contributed by atoms with Crippen LogP contribution in [0.4, 0.5) is 40.7 Å². The van der Waals surface area contributed by atoms with Crippen LogP contribution in [0, 0.1) is 29.0 Å². The molecule has 6 rings (SSSR count). The molecule has 8 nitrogen and oxygen atoms in total. The molecule has 0 spiro atoms. The van der Waals surface area contributed by atoms with Gasteiger partial charge >= 0.3 is 6.18 Å². The lowest BCUT2D eigenvalue weighted by Gasteiger charge is -2.66. The second-order valence-corrected chi connectivity index (χ2v) is 13.3. The molecule has 1 aliphatic heterocycles. The van der Waals surface area contributed by atoms with Gasteiger partial charge in [-0.3, -0.25) is 4.79 Å². The largest absolute Gasteiger partial charge is 0.421 e. The Morgan fingerprint density at radius 3 is 2.36 bits per heavy atom. The maximum absolute atomic E-state index is 15.3. The van der Waals surface area contributed by atoms with E-state index in [2.05, 4.69) is 58.5 Å². The van der Waals surface area contributed by atoms with Crippen LogP contribution in [-0.4, -0.2) is 65.6 Å². The molecule has 2 bridgehead atoms. The number of benzene rings is 1. The van der Waals surface area contributed by atoms with Gasteiger partial charge in [0.15, 0.2) is 0 Å². The van der Waals surface area contributed by atoms with E-state index in [1.54, 1.807) is 19.2 Å². The second-order valence-electron chi connectivity index (χ2n) is 13.3. The summed E-state index contributed by atoms with van der Waals surface area (Å²) in [6.45, 7) is 13.8. The Hall–Kier alpha value is -3.15. The molecule has 3 saturated carbocycles. The van der Waals surface area contributed by atoms with Gasteiger partial charge in [0.25, 0.3) is 0 Å². The number of halogens is 4. The Kier molecular flexibility index (Phi) is 8.78. The molecule has 3 aliphatic carbocycles. The van der Waals surface area contributed by atoms with Gasteiger partial charge in [0, 0.05) is 38.1 Å². The van der Waals surface area contributed by atoms with Crippen molar-refractivity contribution in [2.75, 3.05) is 48.8 Å². The van der Waals surface area contributed by atoms with E-state index in [0.717, 1.165) is 51.6 Å². The van der Waals surface area contributed by atoms with E-state index in [4.69, 9.17) is 0 Å². The lowest BCUT2D eigenvalue weighted by molar-refractivity contribution is -0.156. The van der Waals surface area contributed by atoms with Crippen LogP contribution in [0.1, 0.15) is 65.9 Å². The fraction of sp³-hybridized carbons (Fsp3) is 0.656. The van der Waals surface area contributed by atoms with Gasteiger partial charge in [-0.2, -0.15) is 18.2 Å². The monoisotopic (exact) mass is 619 g/mol. The van der Waals surface area contributed by atoms with Crippen LogP contribution >= 0.6 is 0 Å². The predicted molar refractivity (Wildman–Crippen MR) is 164 cm³/mol. The zero-order valence-electron chi connectivity index (χ0n) is 26.5.